The number of esters is 1. The van der Waals surface area contributed by atoms with Crippen LogP contribution in [0.25, 0.3) is 0 Å². The van der Waals surface area contributed by atoms with Crippen molar-refractivity contribution < 1.29 is 19.7 Å². The Balaban J connectivity index is 1.62. The smallest absolute Gasteiger partial charge is 0.312 e. The van der Waals surface area contributed by atoms with Crippen LogP contribution in [0.1, 0.15) is 99.8 Å². The first-order valence-corrected chi connectivity index (χ1v) is 14.8. The predicted octanol–water partition coefficient (Wildman–Crippen LogP) is 6.40. The van der Waals surface area contributed by atoms with Crippen molar-refractivity contribution in [1.82, 2.24) is 0 Å². The molecule has 0 aromatic heterocycles. The molecule has 5 aliphatic carbocycles. The summed E-state index contributed by atoms with van der Waals surface area (Å²) in [5.41, 5.74) is 1.04. The summed E-state index contributed by atoms with van der Waals surface area (Å²) in [6, 6.07) is 0. The molecule has 0 radical (unpaired) electrons. The van der Waals surface area contributed by atoms with E-state index in [4.69, 9.17) is 4.74 Å². The van der Waals surface area contributed by atoms with Gasteiger partial charge in [0.25, 0.3) is 0 Å². The number of hydrogen-bond donors (Lipinski definition) is 2. The SMILES string of the molecule is COC(=O)C12CC[C@@H](C)[C@H](C)C1C1=CCC3[C@@]4(C)C[C@@H](C)C(O)[C@](C)(CO)C4CC[C@@]3(C)[C@]1(C)CC2. The number of allylic oxidation sites excluding steroid dienone is 2. The highest BCUT2D eigenvalue weighted by molar-refractivity contribution is 5.78. The van der Waals surface area contributed by atoms with E-state index in [-0.39, 0.29) is 46.1 Å². The second-order valence-electron chi connectivity index (χ2n) is 15.1. The van der Waals surface area contributed by atoms with Crippen molar-refractivity contribution in [2.45, 2.75) is 106 Å². The van der Waals surface area contributed by atoms with Crippen molar-refractivity contribution in [2.24, 2.45) is 62.6 Å². The van der Waals surface area contributed by atoms with Crippen LogP contribution < -0.4 is 0 Å². The Kier molecular flexibility index (Phi) is 6.17. The molecule has 0 aromatic carbocycles. The quantitative estimate of drug-likeness (QED) is 0.340. The summed E-state index contributed by atoms with van der Waals surface area (Å²) in [6.45, 7) is 16.7. The second-order valence-corrected chi connectivity index (χ2v) is 15.1. The molecule has 5 rings (SSSR count). The first-order chi connectivity index (χ1) is 16.8. The molecule has 0 saturated heterocycles. The van der Waals surface area contributed by atoms with E-state index in [2.05, 4.69) is 54.5 Å². The van der Waals surface area contributed by atoms with E-state index in [0.717, 1.165) is 51.4 Å². The summed E-state index contributed by atoms with van der Waals surface area (Å²) in [4.78, 5) is 13.4. The van der Waals surface area contributed by atoms with Crippen LogP contribution in [0.15, 0.2) is 11.6 Å². The van der Waals surface area contributed by atoms with Gasteiger partial charge in [0, 0.05) is 5.41 Å². The lowest BCUT2D eigenvalue weighted by Gasteiger charge is -2.72. The second kappa shape index (κ2) is 8.31. The molecule has 0 heterocycles. The summed E-state index contributed by atoms with van der Waals surface area (Å²) >= 11 is 0. The molecule has 4 fully saturated rings. The van der Waals surface area contributed by atoms with Crippen LogP contribution in [-0.4, -0.2) is 36.0 Å². The summed E-state index contributed by atoms with van der Waals surface area (Å²) < 4.78 is 5.51. The van der Waals surface area contributed by atoms with E-state index in [1.54, 1.807) is 12.7 Å². The Morgan fingerprint density at radius 3 is 2.33 bits per heavy atom. The van der Waals surface area contributed by atoms with Crippen molar-refractivity contribution in [2.75, 3.05) is 13.7 Å². The van der Waals surface area contributed by atoms with Gasteiger partial charge in [-0.1, -0.05) is 60.1 Å². The topological polar surface area (TPSA) is 66.8 Å². The summed E-state index contributed by atoms with van der Waals surface area (Å²) in [5.74, 6) is 2.39. The average molecular weight is 501 g/mol. The fraction of sp³-hybridized carbons (Fsp3) is 0.906. The standard InChI is InChI=1S/C32H52O4/c1-19-11-14-32(27(35)36-8)16-15-30(6)22(25(32)21(19)3)9-10-24-28(4)17-20(2)26(34)29(5,18-33)23(28)12-13-31(24,30)7/h9,19-21,23-26,33-34H,10-18H2,1-8H3/t19-,20-,21+,23?,24?,25?,26?,28+,29-,30-,31-,32?/m1/s1. The van der Waals surface area contributed by atoms with E-state index < -0.39 is 11.5 Å². The highest BCUT2D eigenvalue weighted by atomic mass is 16.5. The molecule has 0 amide bonds. The summed E-state index contributed by atoms with van der Waals surface area (Å²) in [5, 5.41) is 21.8. The minimum Gasteiger partial charge on any atom is -0.469 e. The van der Waals surface area contributed by atoms with Gasteiger partial charge in [-0.05, 0) is 103 Å². The van der Waals surface area contributed by atoms with Crippen LogP contribution in [0.5, 0.6) is 0 Å². The van der Waals surface area contributed by atoms with Crippen LogP contribution in [0.4, 0.5) is 0 Å². The number of aliphatic hydroxyl groups excluding tert-OH is 2. The van der Waals surface area contributed by atoms with Gasteiger partial charge in [-0.15, -0.1) is 0 Å². The normalized spacial score (nSPS) is 56.4. The van der Waals surface area contributed by atoms with Gasteiger partial charge < -0.3 is 14.9 Å². The van der Waals surface area contributed by atoms with E-state index in [1.807, 2.05) is 0 Å². The molecular weight excluding hydrogens is 448 g/mol. The fourth-order valence-corrected chi connectivity index (χ4v) is 11.6. The molecule has 4 heteroatoms. The molecule has 5 aliphatic rings. The van der Waals surface area contributed by atoms with Gasteiger partial charge in [0.1, 0.15) is 0 Å². The molecule has 0 bridgehead atoms. The lowest BCUT2D eigenvalue weighted by atomic mass is 9.33. The fourth-order valence-electron chi connectivity index (χ4n) is 11.6. The lowest BCUT2D eigenvalue weighted by molar-refractivity contribution is -0.230. The molecular formula is C32H52O4. The van der Waals surface area contributed by atoms with Crippen molar-refractivity contribution in [3.63, 3.8) is 0 Å². The Bertz CT molecular complexity index is 942. The third-order valence-corrected chi connectivity index (χ3v) is 14.0. The molecule has 12 atom stereocenters. The van der Waals surface area contributed by atoms with Crippen LogP contribution in [-0.2, 0) is 9.53 Å². The maximum absolute atomic E-state index is 13.4. The number of methoxy groups -OCH3 is 1. The van der Waals surface area contributed by atoms with Crippen LogP contribution in [0.2, 0.25) is 0 Å². The van der Waals surface area contributed by atoms with Crippen molar-refractivity contribution in [3.05, 3.63) is 11.6 Å². The number of aliphatic hydroxyl groups is 2. The third-order valence-electron chi connectivity index (χ3n) is 14.0. The molecule has 5 unspecified atom stereocenters. The van der Waals surface area contributed by atoms with Gasteiger partial charge in [0.05, 0.1) is 25.2 Å². The van der Waals surface area contributed by atoms with E-state index in [9.17, 15) is 15.0 Å². The van der Waals surface area contributed by atoms with Gasteiger partial charge >= 0.3 is 5.97 Å². The predicted molar refractivity (Wildman–Crippen MR) is 143 cm³/mol. The number of carbonyl (C=O) groups excluding carboxylic acids is 1. The van der Waals surface area contributed by atoms with E-state index in [0.29, 0.717) is 23.7 Å². The Morgan fingerprint density at radius 2 is 1.69 bits per heavy atom. The van der Waals surface area contributed by atoms with Gasteiger partial charge in [-0.2, -0.15) is 0 Å². The zero-order valence-electron chi connectivity index (χ0n) is 24.2. The van der Waals surface area contributed by atoms with Crippen molar-refractivity contribution in [1.29, 1.82) is 0 Å². The minimum absolute atomic E-state index is 0.0194. The van der Waals surface area contributed by atoms with E-state index in [1.165, 1.54) is 0 Å². The highest BCUT2D eigenvalue weighted by Crippen LogP contribution is 2.76. The maximum Gasteiger partial charge on any atom is 0.312 e. The first-order valence-electron chi connectivity index (χ1n) is 14.8. The lowest BCUT2D eigenvalue weighted by Crippen LogP contribution is -2.67. The Labute approximate surface area is 219 Å². The zero-order chi connectivity index (χ0) is 26.5. The summed E-state index contributed by atoms with van der Waals surface area (Å²) in [7, 11) is 1.58. The molecule has 0 aromatic rings. The minimum atomic E-state index is -0.449. The molecule has 4 nitrogen and oxygen atoms in total. The average Bonchev–Trinajstić information content (AvgIpc) is 2.84. The van der Waals surface area contributed by atoms with Gasteiger partial charge in [-0.25, -0.2) is 0 Å². The number of rotatable bonds is 2. The largest absolute Gasteiger partial charge is 0.469 e. The highest BCUT2D eigenvalue weighted by Gasteiger charge is 2.70. The van der Waals surface area contributed by atoms with Gasteiger partial charge in [0.2, 0.25) is 0 Å². The van der Waals surface area contributed by atoms with Crippen LogP contribution >= 0.6 is 0 Å². The number of fused-ring (bicyclic) bond motifs is 7. The zero-order valence-corrected chi connectivity index (χ0v) is 24.2. The van der Waals surface area contributed by atoms with Crippen LogP contribution in [0.3, 0.4) is 0 Å². The van der Waals surface area contributed by atoms with Crippen LogP contribution in [0, 0.1) is 62.6 Å². The number of ether oxygens (including phenoxy) is 1. The number of hydrogen-bond acceptors (Lipinski definition) is 4. The molecule has 2 N–H and O–H groups in total. The van der Waals surface area contributed by atoms with Gasteiger partial charge in [-0.3, -0.25) is 4.79 Å². The van der Waals surface area contributed by atoms with Crippen molar-refractivity contribution in [3.8, 4) is 0 Å². The molecule has 36 heavy (non-hydrogen) atoms. The molecule has 204 valence electrons. The van der Waals surface area contributed by atoms with Crippen molar-refractivity contribution >= 4 is 5.97 Å². The van der Waals surface area contributed by atoms with E-state index >= 15 is 0 Å². The summed E-state index contributed by atoms with van der Waals surface area (Å²) in [6.07, 6.45) is 10.4. The molecule has 4 saturated carbocycles. The first kappa shape index (κ1) is 26.7. The number of carbonyl (C=O) groups is 1. The van der Waals surface area contributed by atoms with Gasteiger partial charge in [0.15, 0.2) is 0 Å². The Morgan fingerprint density at radius 1 is 1.00 bits per heavy atom. The maximum atomic E-state index is 13.4. The Hall–Kier alpha value is -0.870. The third kappa shape index (κ3) is 3.04. The monoisotopic (exact) mass is 500 g/mol. The molecule has 0 aliphatic heterocycles. The molecule has 0 spiro atoms.